The second kappa shape index (κ2) is 7.14. The zero-order chi connectivity index (χ0) is 20.8. The zero-order valence-corrected chi connectivity index (χ0v) is 20.8. The second-order valence-corrected chi connectivity index (χ2v) is 14.1. The van der Waals surface area contributed by atoms with Crippen molar-refractivity contribution >= 4 is 34.4 Å². The summed E-state index contributed by atoms with van der Waals surface area (Å²) in [5.41, 5.74) is 0.777. The minimum absolute atomic E-state index is 0.389. The molecule has 1 heterocycles. The summed E-state index contributed by atoms with van der Waals surface area (Å²) in [7, 11) is 0. The Morgan fingerprint density at radius 1 is 0.484 bits per heavy atom. The lowest BCUT2D eigenvalue weighted by Crippen LogP contribution is -2.55. The van der Waals surface area contributed by atoms with Crippen molar-refractivity contribution in [2.24, 2.45) is 46.3 Å². The molecule has 4 heteroatoms. The molecule has 0 unspecified atom stereocenters. The average Bonchev–Trinajstić information content (AvgIpc) is 2.97. The summed E-state index contributed by atoms with van der Waals surface area (Å²) in [6.07, 6.45) is 18.7. The quantitative estimate of drug-likeness (QED) is 0.464. The minimum Gasteiger partial charge on any atom is -0.364 e. The van der Waals surface area contributed by atoms with E-state index in [0.29, 0.717) is 10.8 Å². The molecule has 0 spiro atoms. The summed E-state index contributed by atoms with van der Waals surface area (Å²) in [5.74, 6) is 5.90. The molecule has 0 N–H and O–H groups in total. The number of nitrogens with zero attached hydrogens (tertiary/aromatic N) is 2. The van der Waals surface area contributed by atoms with E-state index in [1.807, 2.05) is 0 Å². The van der Waals surface area contributed by atoms with Crippen LogP contribution in [0.25, 0.3) is 0 Å². The molecule has 0 amide bonds. The summed E-state index contributed by atoms with van der Waals surface area (Å²) in [5, 5.41) is 0. The van der Waals surface area contributed by atoms with Crippen LogP contribution in [0, 0.1) is 46.3 Å². The van der Waals surface area contributed by atoms with Gasteiger partial charge < -0.3 is 9.80 Å². The number of thiocarbonyl (C=S) groups is 2. The lowest BCUT2D eigenvalue weighted by atomic mass is 9.49. The molecule has 0 radical (unpaired) electrons. The van der Waals surface area contributed by atoms with Gasteiger partial charge in [-0.1, -0.05) is 24.4 Å². The topological polar surface area (TPSA) is 6.48 Å². The summed E-state index contributed by atoms with van der Waals surface area (Å²) in [6.45, 7) is 4.57. The van der Waals surface area contributed by atoms with E-state index in [-0.39, 0.29) is 0 Å². The Labute approximate surface area is 199 Å². The molecule has 0 aromatic carbocycles. The van der Waals surface area contributed by atoms with E-state index in [4.69, 9.17) is 24.4 Å². The summed E-state index contributed by atoms with van der Waals surface area (Å²) >= 11 is 12.6. The van der Waals surface area contributed by atoms with Crippen LogP contribution in [0.5, 0.6) is 0 Å². The first kappa shape index (κ1) is 20.2. The molecule has 1 aliphatic heterocycles. The molecule has 31 heavy (non-hydrogen) atoms. The highest BCUT2D eigenvalue weighted by atomic mass is 32.1. The number of hydrogen-bond donors (Lipinski definition) is 0. The van der Waals surface area contributed by atoms with Gasteiger partial charge in [-0.15, -0.1) is 0 Å². The predicted molar refractivity (Wildman–Crippen MR) is 134 cm³/mol. The van der Waals surface area contributed by atoms with Crippen molar-refractivity contribution in [3.05, 3.63) is 0 Å². The van der Waals surface area contributed by atoms with Crippen LogP contribution in [-0.4, -0.2) is 46.0 Å². The highest BCUT2D eigenvalue weighted by Crippen LogP contribution is 2.62. The second-order valence-electron chi connectivity index (χ2n) is 13.3. The van der Waals surface area contributed by atoms with E-state index in [1.54, 1.807) is 0 Å². The molecule has 170 valence electrons. The Balaban J connectivity index is 1.05. The van der Waals surface area contributed by atoms with Crippen LogP contribution < -0.4 is 0 Å². The minimum atomic E-state index is 0.389. The Hall–Kier alpha value is -0.220. The lowest BCUT2D eigenvalue weighted by Gasteiger charge is -2.58. The van der Waals surface area contributed by atoms with Gasteiger partial charge in [-0.05, 0) is 119 Å². The third kappa shape index (κ3) is 3.20. The SMILES string of the molecule is S=C(N1CCCN(C(=S)C23CC4CC(CC(C4)C2)C3)CC1)C12CC3CC(CC(C3)C1)C2. The van der Waals surface area contributed by atoms with Gasteiger partial charge in [0.05, 0.1) is 9.98 Å². The van der Waals surface area contributed by atoms with Crippen LogP contribution in [0.3, 0.4) is 0 Å². The average molecular weight is 457 g/mol. The van der Waals surface area contributed by atoms with E-state index < -0.39 is 0 Å². The largest absolute Gasteiger partial charge is 0.364 e. The predicted octanol–water partition coefficient (Wildman–Crippen LogP) is 6.08. The zero-order valence-electron chi connectivity index (χ0n) is 19.2. The molecule has 1 saturated heterocycles. The standard InChI is InChI=1S/C27H40N2S2/c30-24(26-12-18-6-19(13-26)8-20(7-18)14-26)28-2-1-3-29(5-4-28)25(31)27-15-21-9-22(16-27)11-23(10-21)17-27/h18-23H,1-17H2. The van der Waals surface area contributed by atoms with Gasteiger partial charge in [0, 0.05) is 37.0 Å². The maximum absolute atomic E-state index is 6.32. The van der Waals surface area contributed by atoms with Crippen molar-refractivity contribution < 1.29 is 0 Å². The van der Waals surface area contributed by atoms with Gasteiger partial charge >= 0.3 is 0 Å². The summed E-state index contributed by atoms with van der Waals surface area (Å²) < 4.78 is 0. The van der Waals surface area contributed by atoms with Gasteiger partial charge in [0.2, 0.25) is 0 Å². The molecule has 2 nitrogen and oxygen atoms in total. The van der Waals surface area contributed by atoms with Crippen LogP contribution in [-0.2, 0) is 0 Å². The maximum Gasteiger partial charge on any atom is 0.0842 e. The van der Waals surface area contributed by atoms with Crippen molar-refractivity contribution in [2.75, 3.05) is 26.2 Å². The van der Waals surface area contributed by atoms with Crippen molar-refractivity contribution in [3.8, 4) is 0 Å². The van der Waals surface area contributed by atoms with Gasteiger partial charge in [-0.25, -0.2) is 0 Å². The van der Waals surface area contributed by atoms with Gasteiger partial charge in [0.25, 0.3) is 0 Å². The first-order valence-electron chi connectivity index (χ1n) is 13.6. The molecule has 8 aliphatic carbocycles. The molecule has 9 fully saturated rings. The fraction of sp³-hybridized carbons (Fsp3) is 0.926. The Bertz CT molecular complexity index is 654. The van der Waals surface area contributed by atoms with E-state index in [0.717, 1.165) is 48.6 Å². The molecule has 8 bridgehead atoms. The fourth-order valence-electron chi connectivity index (χ4n) is 10.7. The van der Waals surface area contributed by atoms with Crippen molar-refractivity contribution in [1.29, 1.82) is 0 Å². The van der Waals surface area contributed by atoms with Crippen LogP contribution in [0.4, 0.5) is 0 Å². The van der Waals surface area contributed by atoms with Crippen LogP contribution in [0.1, 0.15) is 83.5 Å². The highest BCUT2D eigenvalue weighted by molar-refractivity contribution is 7.80. The summed E-state index contributed by atoms with van der Waals surface area (Å²) in [4.78, 5) is 8.05. The van der Waals surface area contributed by atoms with E-state index in [2.05, 4.69) is 9.80 Å². The van der Waals surface area contributed by atoms with Gasteiger partial charge in [0.15, 0.2) is 0 Å². The van der Waals surface area contributed by atoms with Crippen LogP contribution >= 0.6 is 24.4 Å². The smallest absolute Gasteiger partial charge is 0.0842 e. The van der Waals surface area contributed by atoms with Gasteiger partial charge in [-0.2, -0.15) is 0 Å². The molecule has 0 atom stereocenters. The first-order chi connectivity index (χ1) is 15.0. The Morgan fingerprint density at radius 2 is 0.774 bits per heavy atom. The Kier molecular flexibility index (Phi) is 4.65. The molecular formula is C27H40N2S2. The van der Waals surface area contributed by atoms with Crippen molar-refractivity contribution in [2.45, 2.75) is 83.5 Å². The Morgan fingerprint density at radius 3 is 1.06 bits per heavy atom. The summed E-state index contributed by atoms with van der Waals surface area (Å²) in [6, 6.07) is 0. The highest BCUT2D eigenvalue weighted by Gasteiger charge is 2.55. The van der Waals surface area contributed by atoms with Gasteiger partial charge in [0.1, 0.15) is 0 Å². The van der Waals surface area contributed by atoms with E-state index >= 15 is 0 Å². The third-order valence-electron chi connectivity index (χ3n) is 11.1. The lowest BCUT2D eigenvalue weighted by molar-refractivity contribution is -0.0174. The molecule has 8 saturated carbocycles. The molecular weight excluding hydrogens is 416 g/mol. The fourth-order valence-corrected chi connectivity index (χ4v) is 11.6. The molecule has 9 rings (SSSR count). The third-order valence-corrected chi connectivity index (χ3v) is 12.4. The maximum atomic E-state index is 6.32. The van der Waals surface area contributed by atoms with E-state index in [1.165, 1.54) is 107 Å². The normalized spacial score (nSPS) is 50.1. The monoisotopic (exact) mass is 456 g/mol. The molecule has 0 aromatic heterocycles. The number of hydrogen-bond acceptors (Lipinski definition) is 2. The van der Waals surface area contributed by atoms with Crippen molar-refractivity contribution in [3.63, 3.8) is 0 Å². The van der Waals surface area contributed by atoms with Crippen LogP contribution in [0.2, 0.25) is 0 Å². The van der Waals surface area contributed by atoms with Gasteiger partial charge in [-0.3, -0.25) is 0 Å². The van der Waals surface area contributed by atoms with Crippen LogP contribution in [0.15, 0.2) is 0 Å². The molecule has 0 aromatic rings. The van der Waals surface area contributed by atoms with E-state index in [9.17, 15) is 0 Å². The van der Waals surface area contributed by atoms with Crippen molar-refractivity contribution in [1.82, 2.24) is 9.80 Å². The first-order valence-corrected chi connectivity index (χ1v) is 14.4. The molecule has 9 aliphatic rings. The number of rotatable bonds is 2.